The van der Waals surface area contributed by atoms with E-state index in [9.17, 15) is 4.79 Å². The van der Waals surface area contributed by atoms with Crippen molar-refractivity contribution in [3.63, 3.8) is 0 Å². The first-order valence-electron chi connectivity index (χ1n) is 6.66. The molecule has 1 atom stereocenters. The third-order valence-electron chi connectivity index (χ3n) is 3.25. The molecule has 20 heavy (non-hydrogen) atoms. The average molecular weight is 288 g/mol. The molecule has 0 spiro atoms. The van der Waals surface area contributed by atoms with Crippen LogP contribution in [0, 0.1) is 0 Å². The zero-order valence-corrected chi connectivity index (χ0v) is 12.7. The fraction of sp³-hybridized carbons (Fsp3) is 0.312. The number of carbonyl (C=O) groups excluding carboxylic acids is 1. The Balaban J connectivity index is 1.91. The van der Waals surface area contributed by atoms with Crippen molar-refractivity contribution in [2.24, 2.45) is 0 Å². The summed E-state index contributed by atoms with van der Waals surface area (Å²) in [5.41, 5.74) is 2.29. The molecule has 1 heterocycles. The number of rotatable bonds is 6. The van der Waals surface area contributed by atoms with Crippen molar-refractivity contribution in [1.82, 2.24) is 10.2 Å². The molecule has 0 bridgehead atoms. The number of hydrogen-bond acceptors (Lipinski definition) is 3. The predicted molar refractivity (Wildman–Crippen MR) is 83.9 cm³/mol. The largest absolute Gasteiger partial charge is 0.354 e. The highest BCUT2D eigenvalue weighted by atomic mass is 32.1. The van der Waals surface area contributed by atoms with E-state index in [0.29, 0.717) is 13.0 Å². The molecule has 1 aromatic carbocycles. The van der Waals surface area contributed by atoms with Gasteiger partial charge in [-0.15, -0.1) is 0 Å². The SMILES string of the molecule is CN(C)C(CNC(=O)Cc1ccsc1)c1ccccc1. The number of nitrogens with one attached hydrogen (secondary N) is 1. The number of carbonyl (C=O) groups is 1. The van der Waals surface area contributed by atoms with Crippen LogP contribution in [0.25, 0.3) is 0 Å². The van der Waals surface area contributed by atoms with Crippen molar-refractivity contribution in [3.05, 3.63) is 58.3 Å². The molecule has 0 saturated carbocycles. The minimum Gasteiger partial charge on any atom is -0.354 e. The van der Waals surface area contributed by atoms with Gasteiger partial charge in [0.2, 0.25) is 5.91 Å². The molecule has 0 aliphatic carbocycles. The Labute approximate surface area is 124 Å². The Morgan fingerprint density at radius 2 is 2.00 bits per heavy atom. The molecule has 1 unspecified atom stereocenters. The third kappa shape index (κ3) is 4.18. The Hall–Kier alpha value is -1.65. The van der Waals surface area contributed by atoms with Gasteiger partial charge in [0.15, 0.2) is 0 Å². The molecule has 4 heteroatoms. The molecule has 0 saturated heterocycles. The maximum Gasteiger partial charge on any atom is 0.224 e. The fourth-order valence-electron chi connectivity index (χ4n) is 2.13. The fourth-order valence-corrected chi connectivity index (χ4v) is 2.79. The van der Waals surface area contributed by atoms with Crippen LogP contribution in [0.1, 0.15) is 17.2 Å². The molecule has 0 fully saturated rings. The molecule has 0 aliphatic rings. The van der Waals surface area contributed by atoms with E-state index in [2.05, 4.69) is 22.3 Å². The van der Waals surface area contributed by atoms with E-state index in [1.165, 1.54) is 5.56 Å². The van der Waals surface area contributed by atoms with Crippen molar-refractivity contribution >= 4 is 17.2 Å². The molecule has 2 rings (SSSR count). The van der Waals surface area contributed by atoms with Gasteiger partial charge in [-0.25, -0.2) is 0 Å². The van der Waals surface area contributed by atoms with Gasteiger partial charge in [0, 0.05) is 6.54 Å². The van der Waals surface area contributed by atoms with Crippen molar-refractivity contribution in [2.45, 2.75) is 12.5 Å². The van der Waals surface area contributed by atoms with Gasteiger partial charge >= 0.3 is 0 Å². The second kappa shape index (κ2) is 7.22. The second-order valence-corrected chi connectivity index (χ2v) is 5.78. The van der Waals surface area contributed by atoms with Crippen LogP contribution in [0.2, 0.25) is 0 Å². The molecule has 1 amide bonds. The van der Waals surface area contributed by atoms with Crippen LogP contribution < -0.4 is 5.32 Å². The summed E-state index contributed by atoms with van der Waals surface area (Å²) in [6.45, 7) is 0.625. The van der Waals surface area contributed by atoms with Crippen LogP contribution in [0.15, 0.2) is 47.2 Å². The zero-order chi connectivity index (χ0) is 14.4. The standard InChI is InChI=1S/C16H20N2OS/c1-18(2)15(14-6-4-3-5-7-14)11-17-16(19)10-13-8-9-20-12-13/h3-9,12,15H,10-11H2,1-2H3,(H,17,19). The van der Waals surface area contributed by atoms with Gasteiger partial charge < -0.3 is 10.2 Å². The molecule has 1 N–H and O–H groups in total. The molecular formula is C16H20N2OS. The van der Waals surface area contributed by atoms with E-state index in [1.807, 2.05) is 49.1 Å². The summed E-state index contributed by atoms with van der Waals surface area (Å²) in [4.78, 5) is 14.1. The number of thiophene rings is 1. The first-order valence-corrected chi connectivity index (χ1v) is 7.60. The van der Waals surface area contributed by atoms with E-state index in [0.717, 1.165) is 5.56 Å². The van der Waals surface area contributed by atoms with Gasteiger partial charge in [0.1, 0.15) is 0 Å². The lowest BCUT2D eigenvalue weighted by molar-refractivity contribution is -0.120. The van der Waals surface area contributed by atoms with Gasteiger partial charge in [-0.3, -0.25) is 4.79 Å². The maximum atomic E-state index is 11.9. The molecule has 1 aromatic heterocycles. The van der Waals surface area contributed by atoms with E-state index < -0.39 is 0 Å². The molecule has 0 radical (unpaired) electrons. The number of amides is 1. The Morgan fingerprint density at radius 1 is 1.25 bits per heavy atom. The van der Waals surface area contributed by atoms with Crippen LogP contribution in [0.4, 0.5) is 0 Å². The third-order valence-corrected chi connectivity index (χ3v) is 3.98. The van der Waals surface area contributed by atoms with Crippen LogP contribution in [-0.4, -0.2) is 31.4 Å². The van der Waals surface area contributed by atoms with Crippen LogP contribution >= 0.6 is 11.3 Å². The first kappa shape index (κ1) is 14.8. The summed E-state index contributed by atoms with van der Waals surface area (Å²) >= 11 is 1.62. The number of benzene rings is 1. The number of likely N-dealkylation sites (N-methyl/N-ethyl adjacent to an activating group) is 1. The predicted octanol–water partition coefficient (Wildman–Crippen LogP) is 2.71. The molecule has 3 nitrogen and oxygen atoms in total. The van der Waals surface area contributed by atoms with Gasteiger partial charge in [-0.2, -0.15) is 11.3 Å². The average Bonchev–Trinajstić information content (AvgIpc) is 2.92. The van der Waals surface area contributed by atoms with Gasteiger partial charge in [0.05, 0.1) is 12.5 Å². The smallest absolute Gasteiger partial charge is 0.224 e. The van der Waals surface area contributed by atoms with Crippen molar-refractivity contribution in [2.75, 3.05) is 20.6 Å². The highest BCUT2D eigenvalue weighted by molar-refractivity contribution is 7.07. The normalized spacial score (nSPS) is 12.3. The summed E-state index contributed by atoms with van der Waals surface area (Å²) in [7, 11) is 4.06. The highest BCUT2D eigenvalue weighted by Crippen LogP contribution is 2.16. The van der Waals surface area contributed by atoms with Crippen LogP contribution in [-0.2, 0) is 11.2 Å². The van der Waals surface area contributed by atoms with Crippen LogP contribution in [0.5, 0.6) is 0 Å². The Bertz CT molecular complexity index is 523. The maximum absolute atomic E-state index is 11.9. The summed E-state index contributed by atoms with van der Waals surface area (Å²) in [6.07, 6.45) is 0.457. The Kier molecular flexibility index (Phi) is 5.32. The topological polar surface area (TPSA) is 32.3 Å². The quantitative estimate of drug-likeness (QED) is 0.886. The lowest BCUT2D eigenvalue weighted by atomic mass is 10.1. The molecule has 0 aliphatic heterocycles. The summed E-state index contributed by atoms with van der Waals surface area (Å²) in [6, 6.07) is 12.4. The second-order valence-electron chi connectivity index (χ2n) is 5.00. The monoisotopic (exact) mass is 288 g/mol. The first-order chi connectivity index (χ1) is 9.66. The molecule has 2 aromatic rings. The van der Waals surface area contributed by atoms with Gasteiger partial charge in [-0.1, -0.05) is 30.3 Å². The minimum absolute atomic E-state index is 0.0752. The van der Waals surface area contributed by atoms with Gasteiger partial charge in [-0.05, 0) is 42.0 Å². The van der Waals surface area contributed by atoms with Crippen molar-refractivity contribution in [1.29, 1.82) is 0 Å². The summed E-state index contributed by atoms with van der Waals surface area (Å²) < 4.78 is 0. The minimum atomic E-state index is 0.0752. The van der Waals surface area contributed by atoms with Crippen LogP contribution in [0.3, 0.4) is 0 Å². The van der Waals surface area contributed by atoms with E-state index in [4.69, 9.17) is 0 Å². The summed E-state index contributed by atoms with van der Waals surface area (Å²) in [5, 5.41) is 7.03. The van der Waals surface area contributed by atoms with Crippen molar-refractivity contribution < 1.29 is 4.79 Å². The Morgan fingerprint density at radius 3 is 2.60 bits per heavy atom. The number of hydrogen-bond donors (Lipinski definition) is 1. The summed E-state index contributed by atoms with van der Waals surface area (Å²) in [5.74, 6) is 0.0752. The van der Waals surface area contributed by atoms with E-state index >= 15 is 0 Å². The molecule has 106 valence electrons. The van der Waals surface area contributed by atoms with E-state index in [1.54, 1.807) is 11.3 Å². The lowest BCUT2D eigenvalue weighted by Gasteiger charge is -2.25. The van der Waals surface area contributed by atoms with Gasteiger partial charge in [0.25, 0.3) is 0 Å². The van der Waals surface area contributed by atoms with E-state index in [-0.39, 0.29) is 11.9 Å². The van der Waals surface area contributed by atoms with Crippen molar-refractivity contribution in [3.8, 4) is 0 Å². The number of nitrogens with zero attached hydrogens (tertiary/aromatic N) is 1. The highest BCUT2D eigenvalue weighted by Gasteiger charge is 2.14. The lowest BCUT2D eigenvalue weighted by Crippen LogP contribution is -2.35. The zero-order valence-electron chi connectivity index (χ0n) is 11.9. The molecular weight excluding hydrogens is 268 g/mol.